The van der Waals surface area contributed by atoms with Crippen molar-refractivity contribution in [2.75, 3.05) is 26.2 Å². The summed E-state index contributed by atoms with van der Waals surface area (Å²) in [5, 5.41) is 5.91. The Hall–Kier alpha value is -1.10. The Morgan fingerprint density at radius 3 is 2.35 bits per heavy atom. The second-order valence-electron chi connectivity index (χ2n) is 5.05. The maximum atomic E-state index is 11.8. The first-order valence-corrected chi connectivity index (χ1v) is 6.31. The fraction of sp³-hybridized carbons (Fsp3) is 0.833. The van der Waals surface area contributed by atoms with Gasteiger partial charge >= 0.3 is 11.8 Å². The predicted molar refractivity (Wildman–Crippen MR) is 66.5 cm³/mol. The Morgan fingerprint density at radius 2 is 1.82 bits per heavy atom. The van der Waals surface area contributed by atoms with Crippen LogP contribution in [0, 0.1) is 5.92 Å². The van der Waals surface area contributed by atoms with Crippen LogP contribution in [0.1, 0.15) is 27.2 Å². The predicted octanol–water partition coefficient (Wildman–Crippen LogP) is -0.0310. The van der Waals surface area contributed by atoms with Crippen LogP contribution < -0.4 is 10.6 Å². The number of rotatable bonds is 3. The Labute approximate surface area is 103 Å². The van der Waals surface area contributed by atoms with Crippen molar-refractivity contribution in [2.24, 2.45) is 5.92 Å². The first-order valence-electron chi connectivity index (χ1n) is 6.31. The van der Waals surface area contributed by atoms with E-state index in [0.29, 0.717) is 19.0 Å². The summed E-state index contributed by atoms with van der Waals surface area (Å²) in [4.78, 5) is 25.1. The molecule has 1 aliphatic rings. The van der Waals surface area contributed by atoms with Gasteiger partial charge in [-0.25, -0.2) is 0 Å². The Morgan fingerprint density at radius 1 is 1.24 bits per heavy atom. The van der Waals surface area contributed by atoms with Crippen LogP contribution in [0.3, 0.4) is 0 Å². The zero-order valence-electron chi connectivity index (χ0n) is 11.0. The molecule has 0 aromatic rings. The minimum absolute atomic E-state index is 0.0503. The molecule has 1 atom stereocenters. The number of carbonyl (C=O) groups excluding carboxylic acids is 2. The lowest BCUT2D eigenvalue weighted by Gasteiger charge is -2.27. The number of carbonyl (C=O) groups is 2. The van der Waals surface area contributed by atoms with Crippen molar-refractivity contribution >= 4 is 11.8 Å². The largest absolute Gasteiger partial charge is 0.345 e. The van der Waals surface area contributed by atoms with Crippen molar-refractivity contribution in [3.8, 4) is 0 Å². The molecule has 1 heterocycles. The lowest BCUT2D eigenvalue weighted by Crippen LogP contribution is -2.52. The summed E-state index contributed by atoms with van der Waals surface area (Å²) in [6, 6.07) is 0.0503. The van der Waals surface area contributed by atoms with Gasteiger partial charge in [0, 0.05) is 32.2 Å². The highest BCUT2D eigenvalue weighted by molar-refractivity contribution is 6.35. The molecule has 1 unspecified atom stereocenters. The SMILES string of the molecule is CC(C)CC(C)NC(=O)C(=O)N1CCNCC1. The third-order valence-corrected chi connectivity index (χ3v) is 2.80. The van der Waals surface area contributed by atoms with Gasteiger partial charge in [-0.15, -0.1) is 0 Å². The maximum Gasteiger partial charge on any atom is 0.311 e. The van der Waals surface area contributed by atoms with Crippen molar-refractivity contribution in [1.29, 1.82) is 0 Å². The van der Waals surface area contributed by atoms with Crippen molar-refractivity contribution in [1.82, 2.24) is 15.5 Å². The lowest BCUT2D eigenvalue weighted by molar-refractivity contribution is -0.146. The minimum Gasteiger partial charge on any atom is -0.345 e. The van der Waals surface area contributed by atoms with Crippen LogP contribution in [0.15, 0.2) is 0 Å². The number of piperazine rings is 1. The summed E-state index contributed by atoms with van der Waals surface area (Å²) in [7, 11) is 0. The van der Waals surface area contributed by atoms with E-state index < -0.39 is 11.8 Å². The zero-order chi connectivity index (χ0) is 12.8. The van der Waals surface area contributed by atoms with Gasteiger partial charge in [0.25, 0.3) is 0 Å². The lowest BCUT2D eigenvalue weighted by atomic mass is 10.1. The van der Waals surface area contributed by atoms with Crippen LogP contribution >= 0.6 is 0 Å². The topological polar surface area (TPSA) is 61.4 Å². The number of nitrogens with one attached hydrogen (secondary N) is 2. The molecule has 1 saturated heterocycles. The van der Waals surface area contributed by atoms with Gasteiger partial charge in [-0.2, -0.15) is 0 Å². The second-order valence-corrected chi connectivity index (χ2v) is 5.05. The first-order chi connectivity index (χ1) is 8.00. The molecule has 1 rings (SSSR count). The molecule has 0 aliphatic carbocycles. The molecule has 5 nitrogen and oxygen atoms in total. The summed E-state index contributed by atoms with van der Waals surface area (Å²) in [6.45, 7) is 8.89. The Balaban J connectivity index is 2.38. The van der Waals surface area contributed by atoms with Gasteiger partial charge in [0.05, 0.1) is 0 Å². The van der Waals surface area contributed by atoms with Crippen LogP contribution in [0.2, 0.25) is 0 Å². The molecule has 98 valence electrons. The molecule has 0 aromatic carbocycles. The van der Waals surface area contributed by atoms with Gasteiger partial charge in [-0.05, 0) is 19.3 Å². The standard InChI is InChI=1S/C12H23N3O2/c1-9(2)8-10(3)14-11(16)12(17)15-6-4-13-5-7-15/h9-10,13H,4-8H2,1-3H3,(H,14,16). The van der Waals surface area contributed by atoms with E-state index in [9.17, 15) is 9.59 Å². The van der Waals surface area contributed by atoms with E-state index in [4.69, 9.17) is 0 Å². The average molecular weight is 241 g/mol. The van der Waals surface area contributed by atoms with Gasteiger partial charge in [0.1, 0.15) is 0 Å². The summed E-state index contributed by atoms with van der Waals surface area (Å²) in [6.07, 6.45) is 0.889. The minimum atomic E-state index is -0.472. The van der Waals surface area contributed by atoms with Crippen molar-refractivity contribution in [3.05, 3.63) is 0 Å². The van der Waals surface area contributed by atoms with Gasteiger partial charge in [0.2, 0.25) is 0 Å². The molecule has 1 fully saturated rings. The average Bonchev–Trinajstić information content (AvgIpc) is 2.28. The van der Waals surface area contributed by atoms with Crippen LogP contribution in [0.25, 0.3) is 0 Å². The third kappa shape index (κ3) is 4.73. The molecule has 0 spiro atoms. The highest BCUT2D eigenvalue weighted by atomic mass is 16.2. The van der Waals surface area contributed by atoms with E-state index in [0.717, 1.165) is 19.5 Å². The van der Waals surface area contributed by atoms with E-state index >= 15 is 0 Å². The molecule has 2 amide bonds. The fourth-order valence-corrected chi connectivity index (χ4v) is 2.06. The first kappa shape index (κ1) is 14.0. The number of nitrogens with zero attached hydrogens (tertiary/aromatic N) is 1. The van der Waals surface area contributed by atoms with Crippen molar-refractivity contribution in [3.63, 3.8) is 0 Å². The van der Waals surface area contributed by atoms with Gasteiger partial charge in [-0.1, -0.05) is 13.8 Å². The molecule has 0 saturated carbocycles. The zero-order valence-corrected chi connectivity index (χ0v) is 11.0. The monoisotopic (exact) mass is 241 g/mol. The molecule has 0 aromatic heterocycles. The smallest absolute Gasteiger partial charge is 0.311 e. The molecule has 0 radical (unpaired) electrons. The number of amides is 2. The molecular formula is C12H23N3O2. The molecule has 2 N–H and O–H groups in total. The van der Waals surface area contributed by atoms with E-state index in [1.807, 2.05) is 6.92 Å². The molecule has 1 aliphatic heterocycles. The fourth-order valence-electron chi connectivity index (χ4n) is 2.06. The highest BCUT2D eigenvalue weighted by Crippen LogP contribution is 2.04. The van der Waals surface area contributed by atoms with Crippen LogP contribution in [-0.4, -0.2) is 48.9 Å². The summed E-state index contributed by atoms with van der Waals surface area (Å²) >= 11 is 0. The van der Waals surface area contributed by atoms with Crippen LogP contribution in [0.4, 0.5) is 0 Å². The molecule has 17 heavy (non-hydrogen) atoms. The second kappa shape index (κ2) is 6.59. The van der Waals surface area contributed by atoms with Crippen LogP contribution in [0.5, 0.6) is 0 Å². The van der Waals surface area contributed by atoms with Gasteiger partial charge in [0.15, 0.2) is 0 Å². The normalized spacial score (nSPS) is 18.0. The number of hydrogen-bond donors (Lipinski definition) is 2. The highest BCUT2D eigenvalue weighted by Gasteiger charge is 2.24. The summed E-state index contributed by atoms with van der Waals surface area (Å²) < 4.78 is 0. The number of hydrogen-bond acceptors (Lipinski definition) is 3. The quantitative estimate of drug-likeness (QED) is 0.682. The Bertz CT molecular complexity index is 273. The molecular weight excluding hydrogens is 218 g/mol. The van der Waals surface area contributed by atoms with Crippen molar-refractivity contribution in [2.45, 2.75) is 33.2 Å². The summed E-state index contributed by atoms with van der Waals surface area (Å²) in [5.41, 5.74) is 0. The van der Waals surface area contributed by atoms with Gasteiger partial charge < -0.3 is 15.5 Å². The molecule has 5 heteroatoms. The van der Waals surface area contributed by atoms with E-state index in [2.05, 4.69) is 24.5 Å². The van der Waals surface area contributed by atoms with Crippen molar-refractivity contribution < 1.29 is 9.59 Å². The third-order valence-electron chi connectivity index (χ3n) is 2.80. The maximum absolute atomic E-state index is 11.8. The van der Waals surface area contributed by atoms with E-state index in [-0.39, 0.29) is 6.04 Å². The Kier molecular flexibility index (Phi) is 5.41. The van der Waals surface area contributed by atoms with E-state index in [1.165, 1.54) is 0 Å². The van der Waals surface area contributed by atoms with Gasteiger partial charge in [-0.3, -0.25) is 9.59 Å². The van der Waals surface area contributed by atoms with Crippen LogP contribution in [-0.2, 0) is 9.59 Å². The summed E-state index contributed by atoms with van der Waals surface area (Å²) in [5.74, 6) is -0.359. The molecule has 0 bridgehead atoms. The van der Waals surface area contributed by atoms with E-state index in [1.54, 1.807) is 4.90 Å².